The van der Waals surface area contributed by atoms with Crippen molar-refractivity contribution in [3.63, 3.8) is 0 Å². The average molecular weight is 256 g/mol. The third-order valence-electron chi connectivity index (χ3n) is 3.10. The average Bonchev–Trinajstić information content (AvgIpc) is 3.06. The molecular weight excluding hydrogens is 240 g/mol. The van der Waals surface area contributed by atoms with E-state index in [1.165, 1.54) is 12.8 Å². The first-order valence-electron chi connectivity index (χ1n) is 6.57. The van der Waals surface area contributed by atoms with E-state index < -0.39 is 0 Å². The lowest BCUT2D eigenvalue weighted by Crippen LogP contribution is -2.05. The molecule has 0 atom stereocenters. The summed E-state index contributed by atoms with van der Waals surface area (Å²) < 4.78 is 1.93. The van der Waals surface area contributed by atoms with Gasteiger partial charge in [0.05, 0.1) is 12.5 Å². The predicted molar refractivity (Wildman–Crippen MR) is 72.0 cm³/mol. The van der Waals surface area contributed by atoms with Crippen molar-refractivity contribution in [1.82, 2.24) is 29.5 Å². The Kier molecular flexibility index (Phi) is 3.22. The fraction of sp³-hybridized carbons (Fsp3) is 0.385. The Hall–Kier alpha value is -2.24. The van der Waals surface area contributed by atoms with E-state index in [0.29, 0.717) is 11.6 Å². The summed E-state index contributed by atoms with van der Waals surface area (Å²) in [6.07, 6.45) is 11.6. The highest BCUT2D eigenvalue weighted by molar-refractivity contribution is 5.68. The number of aromatic nitrogens is 6. The number of imidazole rings is 2. The van der Waals surface area contributed by atoms with Gasteiger partial charge in [0.1, 0.15) is 11.3 Å². The third kappa shape index (κ3) is 2.33. The second kappa shape index (κ2) is 5.17. The summed E-state index contributed by atoms with van der Waals surface area (Å²) in [6, 6.07) is 0. The molecule has 3 aromatic heterocycles. The smallest absolute Gasteiger partial charge is 0.237 e. The second-order valence-electron chi connectivity index (χ2n) is 4.48. The van der Waals surface area contributed by atoms with E-state index in [1.807, 2.05) is 10.8 Å². The molecular formula is C13H16N6. The fourth-order valence-electron chi connectivity index (χ4n) is 2.08. The molecule has 0 amide bonds. The van der Waals surface area contributed by atoms with Crippen LogP contribution in [0.4, 0.5) is 0 Å². The van der Waals surface area contributed by atoms with Crippen molar-refractivity contribution >= 4 is 11.2 Å². The molecule has 0 fully saturated rings. The Morgan fingerprint density at radius 1 is 1.21 bits per heavy atom. The summed E-state index contributed by atoms with van der Waals surface area (Å²) >= 11 is 0. The number of hydrogen-bond acceptors (Lipinski definition) is 4. The second-order valence-corrected chi connectivity index (χ2v) is 4.48. The molecule has 0 bridgehead atoms. The van der Waals surface area contributed by atoms with Crippen molar-refractivity contribution in [3.8, 4) is 5.95 Å². The lowest BCUT2D eigenvalue weighted by molar-refractivity contribution is 0.681. The van der Waals surface area contributed by atoms with Crippen molar-refractivity contribution in [1.29, 1.82) is 0 Å². The van der Waals surface area contributed by atoms with Gasteiger partial charge >= 0.3 is 0 Å². The maximum absolute atomic E-state index is 4.44. The normalized spacial score (nSPS) is 11.2. The van der Waals surface area contributed by atoms with E-state index in [9.17, 15) is 0 Å². The van der Waals surface area contributed by atoms with Gasteiger partial charge in [-0.05, 0) is 6.42 Å². The minimum Gasteiger partial charge on any atom is -0.342 e. The summed E-state index contributed by atoms with van der Waals surface area (Å²) in [7, 11) is 0. The zero-order valence-corrected chi connectivity index (χ0v) is 10.9. The van der Waals surface area contributed by atoms with Crippen LogP contribution in [0.1, 0.15) is 32.0 Å². The van der Waals surface area contributed by atoms with Gasteiger partial charge in [0.15, 0.2) is 5.65 Å². The van der Waals surface area contributed by atoms with E-state index in [0.717, 1.165) is 24.2 Å². The number of hydrogen-bond donors (Lipinski definition) is 1. The molecule has 0 aliphatic heterocycles. The number of nitrogens with one attached hydrogen (secondary N) is 1. The van der Waals surface area contributed by atoms with Crippen LogP contribution in [0.3, 0.4) is 0 Å². The number of aromatic amines is 1. The molecule has 6 nitrogen and oxygen atoms in total. The van der Waals surface area contributed by atoms with Gasteiger partial charge in [-0.3, -0.25) is 4.57 Å². The third-order valence-corrected chi connectivity index (χ3v) is 3.10. The van der Waals surface area contributed by atoms with E-state index in [2.05, 4.69) is 31.8 Å². The molecule has 0 radical (unpaired) electrons. The number of H-pyrrole nitrogens is 1. The minimum atomic E-state index is 0.628. The van der Waals surface area contributed by atoms with Crippen LogP contribution in [-0.4, -0.2) is 29.5 Å². The molecule has 19 heavy (non-hydrogen) atoms. The van der Waals surface area contributed by atoms with Crippen LogP contribution in [0.15, 0.2) is 24.9 Å². The number of nitrogens with zero attached hydrogens (tertiary/aromatic N) is 5. The highest BCUT2D eigenvalue weighted by Crippen LogP contribution is 2.12. The first-order chi connectivity index (χ1) is 9.38. The Bertz CT molecular complexity index is 668. The Morgan fingerprint density at radius 3 is 3.05 bits per heavy atom. The molecule has 6 heteroatoms. The van der Waals surface area contributed by atoms with Crippen molar-refractivity contribution in [2.45, 2.75) is 32.6 Å². The molecule has 0 unspecified atom stereocenters. The van der Waals surface area contributed by atoms with Gasteiger partial charge in [0.25, 0.3) is 0 Å². The van der Waals surface area contributed by atoms with Crippen molar-refractivity contribution in [2.75, 3.05) is 0 Å². The van der Waals surface area contributed by atoms with Crippen LogP contribution in [0.25, 0.3) is 17.1 Å². The van der Waals surface area contributed by atoms with Crippen LogP contribution < -0.4 is 0 Å². The first-order valence-corrected chi connectivity index (χ1v) is 6.57. The van der Waals surface area contributed by atoms with E-state index in [4.69, 9.17) is 0 Å². The molecule has 0 saturated carbocycles. The molecule has 1 N–H and O–H groups in total. The van der Waals surface area contributed by atoms with Crippen molar-refractivity contribution in [3.05, 3.63) is 30.7 Å². The summed E-state index contributed by atoms with van der Waals surface area (Å²) in [5.74, 6) is 1.63. The molecule has 0 spiro atoms. The largest absolute Gasteiger partial charge is 0.342 e. The van der Waals surface area contributed by atoms with Crippen molar-refractivity contribution < 1.29 is 0 Å². The van der Waals surface area contributed by atoms with Crippen LogP contribution in [-0.2, 0) is 6.42 Å². The van der Waals surface area contributed by atoms with Crippen LogP contribution in [0.2, 0.25) is 0 Å². The SMILES string of the molecule is CCCCCc1nccn1-c1ncc2[nH]cnc2n1. The van der Waals surface area contributed by atoms with Crippen molar-refractivity contribution in [2.24, 2.45) is 0 Å². The molecule has 0 aromatic carbocycles. The van der Waals surface area contributed by atoms with Gasteiger partial charge in [-0.2, -0.15) is 4.98 Å². The van der Waals surface area contributed by atoms with Gasteiger partial charge in [-0.15, -0.1) is 0 Å². The molecule has 0 aliphatic rings. The molecule has 98 valence electrons. The Labute approximate surface area is 111 Å². The lowest BCUT2D eigenvalue weighted by Gasteiger charge is -2.05. The maximum Gasteiger partial charge on any atom is 0.237 e. The van der Waals surface area contributed by atoms with Gasteiger partial charge in [0.2, 0.25) is 5.95 Å². The van der Waals surface area contributed by atoms with E-state index in [1.54, 1.807) is 18.7 Å². The summed E-state index contributed by atoms with van der Waals surface area (Å²) in [5.41, 5.74) is 1.52. The van der Waals surface area contributed by atoms with Gasteiger partial charge in [-0.25, -0.2) is 15.0 Å². The summed E-state index contributed by atoms with van der Waals surface area (Å²) in [5, 5.41) is 0. The fourth-order valence-corrected chi connectivity index (χ4v) is 2.08. The summed E-state index contributed by atoms with van der Waals surface area (Å²) in [4.78, 5) is 20.3. The Morgan fingerprint density at radius 2 is 2.16 bits per heavy atom. The monoisotopic (exact) mass is 256 g/mol. The number of unbranched alkanes of at least 4 members (excludes halogenated alkanes) is 2. The molecule has 3 rings (SSSR count). The minimum absolute atomic E-state index is 0.628. The highest BCUT2D eigenvalue weighted by atomic mass is 15.2. The van der Waals surface area contributed by atoms with Gasteiger partial charge < -0.3 is 4.98 Å². The molecule has 0 saturated heterocycles. The first kappa shape index (κ1) is 11.8. The zero-order chi connectivity index (χ0) is 13.1. The standard InChI is InChI=1S/C13H16N6/c1-2-3-4-5-11-14-6-7-19(11)13-15-8-10-12(18-13)17-9-16-10/h6-9H,2-5H2,1H3,(H,15,16,17,18). The number of fused-ring (bicyclic) bond motifs is 1. The maximum atomic E-state index is 4.44. The topological polar surface area (TPSA) is 72.3 Å². The summed E-state index contributed by atoms with van der Waals surface area (Å²) in [6.45, 7) is 2.20. The lowest BCUT2D eigenvalue weighted by atomic mass is 10.2. The number of rotatable bonds is 5. The van der Waals surface area contributed by atoms with Crippen LogP contribution in [0, 0.1) is 0 Å². The predicted octanol–water partition coefficient (Wildman–Crippen LogP) is 2.27. The zero-order valence-electron chi connectivity index (χ0n) is 10.9. The number of aryl methyl sites for hydroxylation is 1. The van der Waals surface area contributed by atoms with Crippen LogP contribution >= 0.6 is 0 Å². The quantitative estimate of drug-likeness (QED) is 0.711. The molecule has 3 heterocycles. The van der Waals surface area contributed by atoms with Gasteiger partial charge in [0, 0.05) is 18.8 Å². The Balaban J connectivity index is 1.90. The van der Waals surface area contributed by atoms with E-state index in [-0.39, 0.29) is 0 Å². The van der Waals surface area contributed by atoms with E-state index >= 15 is 0 Å². The molecule has 3 aromatic rings. The van der Waals surface area contributed by atoms with Gasteiger partial charge in [-0.1, -0.05) is 19.8 Å². The van der Waals surface area contributed by atoms with Crippen LogP contribution in [0.5, 0.6) is 0 Å². The highest BCUT2D eigenvalue weighted by Gasteiger charge is 2.08. The molecule has 0 aliphatic carbocycles.